The number of pyridine rings is 2. The van der Waals surface area contributed by atoms with E-state index in [9.17, 15) is 23.5 Å². The highest BCUT2D eigenvalue weighted by Gasteiger charge is 2.25. The Balaban J connectivity index is 1.66. The van der Waals surface area contributed by atoms with Crippen LogP contribution in [-0.4, -0.2) is 59.4 Å². The van der Waals surface area contributed by atoms with Crippen molar-refractivity contribution >= 4 is 35.1 Å². The molecule has 0 spiro atoms. The van der Waals surface area contributed by atoms with Crippen molar-refractivity contribution < 1.29 is 32.6 Å². The van der Waals surface area contributed by atoms with Crippen molar-refractivity contribution in [1.82, 2.24) is 15.3 Å². The number of rotatable bonds is 9. The van der Waals surface area contributed by atoms with Crippen LogP contribution in [0.5, 0.6) is 0 Å². The van der Waals surface area contributed by atoms with E-state index in [1.54, 1.807) is 4.90 Å². The highest BCUT2D eigenvalue weighted by molar-refractivity contribution is 5.98. The number of morpholine rings is 1. The molecule has 6 N–H and O–H groups in total. The lowest BCUT2D eigenvalue weighted by molar-refractivity contribution is 0.1000. The number of carbonyl (C=O) groups excluding carboxylic acids is 1. The van der Waals surface area contributed by atoms with E-state index in [2.05, 4.69) is 25.9 Å². The molecular formula is C25H26F3N7O4. The van der Waals surface area contributed by atoms with E-state index in [1.165, 1.54) is 31.3 Å². The van der Waals surface area contributed by atoms with Gasteiger partial charge in [0.25, 0.3) is 5.91 Å². The van der Waals surface area contributed by atoms with Gasteiger partial charge in [0.2, 0.25) is 0 Å². The van der Waals surface area contributed by atoms with Crippen molar-refractivity contribution in [3.05, 3.63) is 71.2 Å². The van der Waals surface area contributed by atoms with Crippen LogP contribution in [0.4, 0.5) is 41.1 Å². The second kappa shape index (κ2) is 11.9. The second-order valence-corrected chi connectivity index (χ2v) is 8.75. The van der Waals surface area contributed by atoms with Crippen molar-refractivity contribution in [2.45, 2.75) is 19.0 Å². The molecule has 39 heavy (non-hydrogen) atoms. The van der Waals surface area contributed by atoms with Crippen molar-refractivity contribution in [2.24, 2.45) is 5.73 Å². The zero-order valence-electron chi connectivity index (χ0n) is 20.7. The van der Waals surface area contributed by atoms with E-state index in [0.29, 0.717) is 31.9 Å². The first-order chi connectivity index (χ1) is 18.6. The third-order valence-electron chi connectivity index (χ3n) is 5.99. The molecular weight excluding hydrogens is 519 g/mol. The molecule has 14 heteroatoms. The quantitative estimate of drug-likeness (QED) is 0.272. The normalized spacial score (nSPS) is 14.8. The van der Waals surface area contributed by atoms with Gasteiger partial charge in [-0.2, -0.15) is 0 Å². The number of primary amides is 1. The number of amides is 2. The molecule has 3 aromatic rings. The van der Waals surface area contributed by atoms with Gasteiger partial charge < -0.3 is 36.4 Å². The molecule has 0 aliphatic carbocycles. The predicted molar refractivity (Wildman–Crippen MR) is 137 cm³/mol. The number of ether oxygens (including phenoxy) is 1. The molecule has 0 saturated carbocycles. The van der Waals surface area contributed by atoms with Crippen LogP contribution >= 0.6 is 0 Å². The maximum absolute atomic E-state index is 15.1. The maximum Gasteiger partial charge on any atom is 0.404 e. The molecule has 4 rings (SSSR count). The monoisotopic (exact) mass is 545 g/mol. The van der Waals surface area contributed by atoms with E-state index < -0.39 is 47.4 Å². The zero-order valence-corrected chi connectivity index (χ0v) is 20.7. The molecule has 1 aromatic carbocycles. The van der Waals surface area contributed by atoms with Crippen LogP contribution in [-0.2, 0) is 4.74 Å². The topological polar surface area (TPSA) is 155 Å². The number of halogens is 3. The lowest BCUT2D eigenvalue weighted by atomic mass is 10.00. The SMILES string of the molecule is C[C@H](NC(=O)O)[C@H](Nc1nc(Nc2cnc(N3CCOCC3)c(F)c2)c(C(N)=O)cc1F)c1cccc(F)c1. The fraction of sp³-hybridized carbons (Fsp3) is 0.280. The Bertz CT molecular complexity index is 1370. The van der Waals surface area contributed by atoms with E-state index in [-0.39, 0.29) is 22.9 Å². The van der Waals surface area contributed by atoms with Gasteiger partial charge in [-0.05, 0) is 30.7 Å². The fourth-order valence-corrected chi connectivity index (χ4v) is 4.14. The number of nitrogens with one attached hydrogen (secondary N) is 3. The Hall–Kier alpha value is -4.59. The lowest BCUT2D eigenvalue weighted by Crippen LogP contribution is -2.39. The summed E-state index contributed by atoms with van der Waals surface area (Å²) in [5.74, 6) is -3.68. The van der Waals surface area contributed by atoms with E-state index in [1.807, 2.05) is 0 Å². The Labute approximate surface area is 221 Å². The van der Waals surface area contributed by atoms with E-state index >= 15 is 4.39 Å². The molecule has 206 valence electrons. The minimum Gasteiger partial charge on any atom is -0.465 e. The maximum atomic E-state index is 15.1. The first-order valence-corrected chi connectivity index (χ1v) is 11.9. The predicted octanol–water partition coefficient (Wildman–Crippen LogP) is 3.38. The van der Waals surface area contributed by atoms with E-state index in [0.717, 1.165) is 18.2 Å². The third-order valence-corrected chi connectivity index (χ3v) is 5.99. The number of anilines is 4. The standard InChI is InChI=1S/C25H26F3N7O4/c1-13(31-25(37)38)20(14-3-2-4-15(26)9-14)33-23-18(27)11-17(21(29)36)22(34-23)32-16-10-19(28)24(30-12-16)35-5-7-39-8-6-35/h2-4,9-13,20,31H,5-8H2,1H3,(H2,29,36)(H,37,38)(H2,32,33,34)/t13-,20-/m0/s1. The zero-order chi connectivity index (χ0) is 28.1. The van der Waals surface area contributed by atoms with Crippen LogP contribution in [0.2, 0.25) is 0 Å². The highest BCUT2D eigenvalue weighted by atomic mass is 19.1. The summed E-state index contributed by atoms with van der Waals surface area (Å²) in [5, 5.41) is 16.9. The molecule has 0 unspecified atom stereocenters. The Morgan fingerprint density at radius 1 is 1.10 bits per heavy atom. The molecule has 2 atom stereocenters. The molecule has 1 saturated heterocycles. The van der Waals surface area contributed by atoms with Crippen LogP contribution < -0.4 is 26.6 Å². The average molecular weight is 546 g/mol. The van der Waals surface area contributed by atoms with Crippen LogP contribution in [0.25, 0.3) is 0 Å². The van der Waals surface area contributed by atoms with Crippen molar-refractivity contribution in [2.75, 3.05) is 41.8 Å². The first kappa shape index (κ1) is 27.4. The summed E-state index contributed by atoms with van der Waals surface area (Å²) in [4.78, 5) is 33.3. The third kappa shape index (κ3) is 6.65. The Morgan fingerprint density at radius 3 is 2.49 bits per heavy atom. The number of nitrogens with zero attached hydrogens (tertiary/aromatic N) is 3. The summed E-state index contributed by atoms with van der Waals surface area (Å²) in [7, 11) is 0. The molecule has 0 radical (unpaired) electrons. The Kier molecular flexibility index (Phi) is 8.34. The van der Waals surface area contributed by atoms with Crippen molar-refractivity contribution in [3.8, 4) is 0 Å². The van der Waals surface area contributed by atoms with Crippen molar-refractivity contribution in [1.29, 1.82) is 0 Å². The van der Waals surface area contributed by atoms with Gasteiger partial charge in [-0.3, -0.25) is 4.79 Å². The average Bonchev–Trinajstić information content (AvgIpc) is 2.88. The lowest BCUT2D eigenvalue weighted by Gasteiger charge is -2.28. The summed E-state index contributed by atoms with van der Waals surface area (Å²) in [5.41, 5.74) is 5.51. The minimum atomic E-state index is -1.35. The fourth-order valence-electron chi connectivity index (χ4n) is 4.14. The van der Waals surface area contributed by atoms with Gasteiger partial charge in [-0.25, -0.2) is 27.9 Å². The summed E-state index contributed by atoms with van der Waals surface area (Å²) < 4.78 is 49.2. The smallest absolute Gasteiger partial charge is 0.404 e. The largest absolute Gasteiger partial charge is 0.465 e. The van der Waals surface area contributed by atoms with Crippen LogP contribution in [0.15, 0.2) is 42.6 Å². The molecule has 2 amide bonds. The highest BCUT2D eigenvalue weighted by Crippen LogP contribution is 2.29. The van der Waals surface area contributed by atoms with Gasteiger partial charge >= 0.3 is 6.09 Å². The molecule has 1 fully saturated rings. The summed E-state index contributed by atoms with van der Waals surface area (Å²) in [6.45, 7) is 3.32. The number of carboxylic acid groups (broad SMARTS) is 1. The van der Waals surface area contributed by atoms with Crippen LogP contribution in [0, 0.1) is 17.5 Å². The van der Waals surface area contributed by atoms with Crippen LogP contribution in [0.3, 0.4) is 0 Å². The minimum absolute atomic E-state index is 0.111. The number of hydrogen-bond acceptors (Lipinski definition) is 8. The number of benzene rings is 1. The van der Waals surface area contributed by atoms with Gasteiger partial charge in [0.1, 0.15) is 11.6 Å². The number of hydrogen-bond donors (Lipinski definition) is 5. The second-order valence-electron chi connectivity index (χ2n) is 8.75. The van der Waals surface area contributed by atoms with Gasteiger partial charge in [-0.1, -0.05) is 12.1 Å². The molecule has 3 heterocycles. The van der Waals surface area contributed by atoms with Gasteiger partial charge in [-0.15, -0.1) is 0 Å². The number of nitrogens with two attached hydrogens (primary N) is 1. The first-order valence-electron chi connectivity index (χ1n) is 11.9. The van der Waals surface area contributed by atoms with Gasteiger partial charge in [0.15, 0.2) is 23.3 Å². The van der Waals surface area contributed by atoms with Gasteiger partial charge in [0, 0.05) is 19.2 Å². The number of carbonyl (C=O) groups is 2. The van der Waals surface area contributed by atoms with E-state index in [4.69, 9.17) is 10.5 Å². The van der Waals surface area contributed by atoms with Crippen molar-refractivity contribution in [3.63, 3.8) is 0 Å². The summed E-state index contributed by atoms with van der Waals surface area (Å²) in [6.07, 6.45) is -0.0221. The molecule has 1 aliphatic rings. The molecule has 2 aromatic heterocycles. The molecule has 0 bridgehead atoms. The summed E-state index contributed by atoms with van der Waals surface area (Å²) in [6, 6.07) is 5.45. The van der Waals surface area contributed by atoms with Crippen LogP contribution in [0.1, 0.15) is 28.9 Å². The molecule has 11 nitrogen and oxygen atoms in total. The Morgan fingerprint density at radius 2 is 1.85 bits per heavy atom. The molecule has 1 aliphatic heterocycles. The van der Waals surface area contributed by atoms with Gasteiger partial charge in [0.05, 0.1) is 42.7 Å². The number of aromatic nitrogens is 2. The summed E-state index contributed by atoms with van der Waals surface area (Å²) >= 11 is 0.